The van der Waals surface area contributed by atoms with Crippen LogP contribution in [0.3, 0.4) is 0 Å². The van der Waals surface area contributed by atoms with E-state index in [1.54, 1.807) is 6.20 Å². The van der Waals surface area contributed by atoms with E-state index in [1.807, 2.05) is 84.9 Å². The van der Waals surface area contributed by atoms with Crippen molar-refractivity contribution in [2.45, 2.75) is 127 Å². The van der Waals surface area contributed by atoms with Gasteiger partial charge in [0.1, 0.15) is 24.2 Å². The van der Waals surface area contributed by atoms with Crippen molar-refractivity contribution in [1.82, 2.24) is 36.9 Å². The zero-order valence-corrected chi connectivity index (χ0v) is 39.5. The average molecular weight is 945 g/mol. The van der Waals surface area contributed by atoms with E-state index in [-0.39, 0.29) is 69.9 Å². The van der Waals surface area contributed by atoms with Gasteiger partial charge in [-0.1, -0.05) is 111 Å². The Bertz CT molecular complexity index is 2400. The lowest BCUT2D eigenvalue weighted by Gasteiger charge is -2.30. The van der Waals surface area contributed by atoms with E-state index in [9.17, 15) is 33.6 Å². The molecule has 1 saturated heterocycles. The molecule has 2 heterocycles. The summed E-state index contributed by atoms with van der Waals surface area (Å²) in [7, 11) is 0. The number of guanidine groups is 1. The molecule has 1 aliphatic heterocycles. The van der Waals surface area contributed by atoms with Gasteiger partial charge in [-0.15, -0.1) is 0 Å². The monoisotopic (exact) mass is 945 g/mol. The summed E-state index contributed by atoms with van der Waals surface area (Å²) in [5, 5.41) is 18.3. The van der Waals surface area contributed by atoms with Crippen molar-refractivity contribution in [1.29, 1.82) is 0 Å². The molecule has 0 spiro atoms. The van der Waals surface area contributed by atoms with Crippen LogP contribution in [0.5, 0.6) is 0 Å². The molecule has 0 radical (unpaired) electrons. The first-order chi connectivity index (χ1) is 33.3. The van der Waals surface area contributed by atoms with Gasteiger partial charge in [0.2, 0.25) is 35.4 Å². The van der Waals surface area contributed by atoms with Crippen LogP contribution in [0, 0.1) is 11.8 Å². The Morgan fingerprint density at radius 3 is 2.09 bits per heavy atom. The van der Waals surface area contributed by atoms with Crippen molar-refractivity contribution in [3.05, 3.63) is 108 Å². The number of hydrogen-bond acceptors (Lipinski definition) is 8. The quantitative estimate of drug-likeness (QED) is 0.0481. The molecule has 3 aromatic carbocycles. The predicted octanol–water partition coefficient (Wildman–Crippen LogP) is 3.15. The molecule has 2 fully saturated rings. The highest BCUT2D eigenvalue weighted by molar-refractivity contribution is 5.97. The molecule has 69 heavy (non-hydrogen) atoms. The standard InChI is InChI=1S/C52H68N10O7/c1-33(63)58-43(28-35-17-7-3-8-18-35)49(67)59-41-23-13-25-55-48(66)42(24-14-26-56-52(53)54)60-51(69)45(30-38-32-57-40-22-12-11-21-39(38)40)62-50(68)44(29-36-19-9-4-10-20-36)61-47(65)37(31-46(41)64)27-34-15-5-2-6-16-34/h2-3,5-8,11-12,15-18,21-22,32,36-37,41-45,57H,4,9-10,13-14,19-20,23-31H2,1H3,(H,55,66)(H,58,63)(H,59,67)(H,60,69)(H,61,65)(H,62,68)(H4,53,54,56)/t37-,41+,42+,43+,44-,45+/m1/s1. The van der Waals surface area contributed by atoms with Crippen LogP contribution in [0.2, 0.25) is 0 Å². The summed E-state index contributed by atoms with van der Waals surface area (Å²) < 4.78 is 0. The number of carbonyl (C=O) groups excluding carboxylic acids is 7. The van der Waals surface area contributed by atoms with Crippen molar-refractivity contribution < 1.29 is 33.6 Å². The summed E-state index contributed by atoms with van der Waals surface area (Å²) in [6.45, 7) is 1.56. The molecule has 17 nitrogen and oxygen atoms in total. The normalized spacial score (nSPS) is 21.9. The number of para-hydroxylation sites is 1. The third-order valence-electron chi connectivity index (χ3n) is 13.0. The number of aliphatic imine (C=N–C) groups is 1. The van der Waals surface area contributed by atoms with Crippen molar-refractivity contribution in [2.75, 3.05) is 13.1 Å². The number of nitrogens with zero attached hydrogens (tertiary/aromatic N) is 1. The minimum atomic E-state index is -1.16. The van der Waals surface area contributed by atoms with E-state index in [1.165, 1.54) is 6.92 Å². The number of rotatable bonds is 15. The molecule has 1 aromatic heterocycles. The number of Topliss-reactive ketones (excluding diaryl/α,β-unsaturated/α-hetero) is 1. The van der Waals surface area contributed by atoms with Crippen molar-refractivity contribution >= 4 is 58.1 Å². The maximum Gasteiger partial charge on any atom is 0.243 e. The third-order valence-corrected chi connectivity index (χ3v) is 13.0. The minimum absolute atomic E-state index is 0.0597. The Kier molecular flexibility index (Phi) is 19.3. The predicted molar refractivity (Wildman–Crippen MR) is 264 cm³/mol. The van der Waals surface area contributed by atoms with Gasteiger partial charge in [0.25, 0.3) is 0 Å². The van der Waals surface area contributed by atoms with Crippen molar-refractivity contribution in [2.24, 2.45) is 28.3 Å². The SMILES string of the molecule is CC(=O)N[C@@H](Cc1ccccc1)C(=O)N[C@H]1CCCNC(=O)[C@H](CCCN=C(N)N)NC(=O)[C@H](Cc2c[nH]c3ccccc23)NC(=O)[C@@H](CC2CCCCC2)NC(=O)[C@H](Cc2ccccc2)CC1=O. The maximum atomic E-state index is 14.8. The Morgan fingerprint density at radius 1 is 0.725 bits per heavy atom. The van der Waals surface area contributed by atoms with E-state index < -0.39 is 77.4 Å². The molecule has 0 unspecified atom stereocenters. The smallest absolute Gasteiger partial charge is 0.243 e. The molecule has 368 valence electrons. The van der Waals surface area contributed by atoms with E-state index in [2.05, 4.69) is 41.9 Å². The van der Waals surface area contributed by atoms with Crippen molar-refractivity contribution in [3.8, 4) is 0 Å². The van der Waals surface area contributed by atoms with Crippen LogP contribution in [0.15, 0.2) is 96.1 Å². The van der Waals surface area contributed by atoms with E-state index in [0.29, 0.717) is 12.8 Å². The molecule has 11 N–H and O–H groups in total. The summed E-state index contributed by atoms with van der Waals surface area (Å²) in [6.07, 6.45) is 7.75. The molecule has 4 aromatic rings. The van der Waals surface area contributed by atoms with Gasteiger partial charge in [0, 0.05) is 62.3 Å². The summed E-state index contributed by atoms with van der Waals surface area (Å²) in [6, 6.07) is 20.6. The summed E-state index contributed by atoms with van der Waals surface area (Å²) >= 11 is 0. The molecule has 6 rings (SSSR count). The van der Waals surface area contributed by atoms with Gasteiger partial charge in [-0.25, -0.2) is 0 Å². The summed E-state index contributed by atoms with van der Waals surface area (Å²) in [4.78, 5) is 107. The van der Waals surface area contributed by atoms with Crippen LogP contribution >= 0.6 is 0 Å². The van der Waals surface area contributed by atoms with Crippen LogP contribution in [0.25, 0.3) is 10.9 Å². The number of nitrogens with two attached hydrogens (primary N) is 2. The fraction of sp³-hybridized carbons (Fsp3) is 0.462. The molecular formula is C52H68N10O7. The second kappa shape index (κ2) is 25.9. The van der Waals surface area contributed by atoms with Crippen LogP contribution < -0.4 is 43.4 Å². The number of H-pyrrole nitrogens is 1. The van der Waals surface area contributed by atoms with Gasteiger partial charge in [-0.05, 0) is 67.2 Å². The summed E-state index contributed by atoms with van der Waals surface area (Å²) in [5.41, 5.74) is 14.3. The second-order valence-electron chi connectivity index (χ2n) is 18.4. The number of hydrogen-bond donors (Lipinski definition) is 9. The largest absolute Gasteiger partial charge is 0.370 e. The Labute approximate surface area is 403 Å². The molecular weight excluding hydrogens is 877 g/mol. The zero-order valence-electron chi connectivity index (χ0n) is 39.5. The second-order valence-corrected chi connectivity index (χ2v) is 18.4. The topological polar surface area (TPSA) is 272 Å². The molecule has 17 heteroatoms. The maximum absolute atomic E-state index is 14.8. The van der Waals surface area contributed by atoms with Gasteiger partial charge >= 0.3 is 0 Å². The zero-order chi connectivity index (χ0) is 49.1. The Balaban J connectivity index is 1.35. The lowest BCUT2D eigenvalue weighted by Crippen LogP contribution is -2.58. The molecule has 6 atom stereocenters. The van der Waals surface area contributed by atoms with E-state index in [4.69, 9.17) is 11.5 Å². The Hall–Kier alpha value is -7.04. The van der Waals surface area contributed by atoms with Gasteiger partial charge in [0.05, 0.1) is 6.04 Å². The number of aromatic amines is 1. The van der Waals surface area contributed by atoms with Gasteiger partial charge in [0.15, 0.2) is 11.7 Å². The Morgan fingerprint density at radius 2 is 1.38 bits per heavy atom. The first kappa shape index (κ1) is 51.4. The molecule has 1 saturated carbocycles. The highest BCUT2D eigenvalue weighted by Crippen LogP contribution is 2.28. The van der Waals surface area contributed by atoms with Crippen LogP contribution in [0.4, 0.5) is 0 Å². The molecule has 1 aliphatic carbocycles. The number of ketones is 1. The molecule has 6 amide bonds. The molecule has 2 aliphatic rings. The lowest BCUT2D eigenvalue weighted by atomic mass is 9.84. The number of nitrogens with one attached hydrogen (secondary N) is 7. The first-order valence-corrected chi connectivity index (χ1v) is 24.3. The van der Waals surface area contributed by atoms with Crippen LogP contribution in [-0.4, -0.2) is 95.5 Å². The van der Waals surface area contributed by atoms with E-state index >= 15 is 0 Å². The average Bonchev–Trinajstić information content (AvgIpc) is 3.75. The first-order valence-electron chi connectivity index (χ1n) is 24.3. The number of aromatic nitrogens is 1. The number of carbonyl (C=O) groups is 7. The number of amides is 6. The molecule has 0 bridgehead atoms. The van der Waals surface area contributed by atoms with E-state index in [0.717, 1.165) is 59.7 Å². The fourth-order valence-corrected chi connectivity index (χ4v) is 9.40. The lowest BCUT2D eigenvalue weighted by molar-refractivity contribution is -0.136. The van der Waals surface area contributed by atoms with Crippen LogP contribution in [-0.2, 0) is 52.8 Å². The van der Waals surface area contributed by atoms with Gasteiger partial charge in [-0.3, -0.25) is 38.6 Å². The number of fused-ring (bicyclic) bond motifs is 1. The van der Waals surface area contributed by atoms with Gasteiger partial charge in [-0.2, -0.15) is 0 Å². The highest BCUT2D eigenvalue weighted by atomic mass is 16.2. The van der Waals surface area contributed by atoms with Crippen LogP contribution in [0.1, 0.15) is 94.2 Å². The highest BCUT2D eigenvalue weighted by Gasteiger charge is 2.36. The fourth-order valence-electron chi connectivity index (χ4n) is 9.40. The number of benzene rings is 3. The van der Waals surface area contributed by atoms with Crippen molar-refractivity contribution in [3.63, 3.8) is 0 Å². The van der Waals surface area contributed by atoms with Gasteiger partial charge < -0.3 is 48.4 Å². The summed E-state index contributed by atoms with van der Waals surface area (Å²) in [5.74, 6) is -4.58. The minimum Gasteiger partial charge on any atom is -0.370 e. The third kappa shape index (κ3) is 16.0.